The number of rotatable bonds is 9. The summed E-state index contributed by atoms with van der Waals surface area (Å²) < 4.78 is 31.7. The molecule has 136 valence electrons. The molecular formula is C17H28N2O4S. The fourth-order valence-electron chi connectivity index (χ4n) is 2.39. The van der Waals surface area contributed by atoms with Crippen LogP contribution < -0.4 is 10.1 Å². The lowest BCUT2D eigenvalue weighted by atomic mass is 10.2. The molecule has 0 radical (unpaired) electrons. The molecule has 0 aliphatic rings. The van der Waals surface area contributed by atoms with E-state index in [1.165, 1.54) is 13.1 Å². The SMILES string of the molecule is CCC[C@@H](C)NC(=O)CN(C)S(=O)(=O)c1ccc(OCC)c(C)c1. The fraction of sp³-hybridized carbons (Fsp3) is 0.588. The highest BCUT2D eigenvalue weighted by atomic mass is 32.2. The van der Waals surface area contributed by atoms with E-state index in [4.69, 9.17) is 4.74 Å². The summed E-state index contributed by atoms with van der Waals surface area (Å²) in [6.45, 7) is 7.92. The van der Waals surface area contributed by atoms with Gasteiger partial charge in [-0.1, -0.05) is 13.3 Å². The Kier molecular flexibility index (Phi) is 7.69. The van der Waals surface area contributed by atoms with E-state index in [0.29, 0.717) is 12.4 Å². The Morgan fingerprint density at radius 1 is 1.33 bits per heavy atom. The summed E-state index contributed by atoms with van der Waals surface area (Å²) in [5.41, 5.74) is 0.743. The van der Waals surface area contributed by atoms with Crippen LogP contribution in [0.15, 0.2) is 23.1 Å². The zero-order valence-corrected chi connectivity index (χ0v) is 15.9. The van der Waals surface area contributed by atoms with E-state index in [9.17, 15) is 13.2 Å². The normalized spacial score (nSPS) is 12.9. The molecule has 0 bridgehead atoms. The molecule has 0 unspecified atom stereocenters. The molecule has 1 atom stereocenters. The van der Waals surface area contributed by atoms with Crippen molar-refractivity contribution < 1.29 is 17.9 Å². The number of likely N-dealkylation sites (N-methyl/N-ethyl adjacent to an activating group) is 1. The molecule has 6 nitrogen and oxygen atoms in total. The Morgan fingerprint density at radius 2 is 2.00 bits per heavy atom. The number of carbonyl (C=O) groups excluding carboxylic acids is 1. The number of hydrogen-bond acceptors (Lipinski definition) is 4. The van der Waals surface area contributed by atoms with Gasteiger partial charge in [0.05, 0.1) is 18.0 Å². The smallest absolute Gasteiger partial charge is 0.243 e. The van der Waals surface area contributed by atoms with Crippen molar-refractivity contribution in [2.45, 2.75) is 51.5 Å². The van der Waals surface area contributed by atoms with Gasteiger partial charge in [-0.3, -0.25) is 4.79 Å². The number of nitrogens with one attached hydrogen (secondary N) is 1. The standard InChI is InChI=1S/C17H28N2O4S/c1-6-8-14(4)18-17(20)12-19(5)24(21,22)15-9-10-16(23-7-2)13(3)11-15/h9-11,14H,6-8,12H2,1-5H3,(H,18,20)/t14-/m1/s1. The summed E-state index contributed by atoms with van der Waals surface area (Å²) in [6, 6.07) is 4.74. The lowest BCUT2D eigenvalue weighted by Crippen LogP contribution is -2.41. The summed E-state index contributed by atoms with van der Waals surface area (Å²) in [5, 5.41) is 2.81. The number of nitrogens with zero attached hydrogens (tertiary/aromatic N) is 1. The molecule has 0 aliphatic carbocycles. The van der Waals surface area contributed by atoms with Crippen molar-refractivity contribution >= 4 is 15.9 Å². The second-order valence-corrected chi connectivity index (χ2v) is 7.92. The third-order valence-corrected chi connectivity index (χ3v) is 5.45. The molecule has 0 fully saturated rings. The minimum absolute atomic E-state index is 0.0336. The fourth-order valence-corrected chi connectivity index (χ4v) is 3.61. The molecule has 0 aromatic heterocycles. The minimum atomic E-state index is -3.72. The van der Waals surface area contributed by atoms with Crippen LogP contribution in [0.2, 0.25) is 0 Å². The van der Waals surface area contributed by atoms with E-state index < -0.39 is 10.0 Å². The number of sulfonamides is 1. The average molecular weight is 356 g/mol. The van der Waals surface area contributed by atoms with Crippen LogP contribution in [0.1, 0.15) is 39.2 Å². The first-order valence-corrected chi connectivity index (χ1v) is 9.65. The maximum Gasteiger partial charge on any atom is 0.243 e. The first kappa shape index (κ1) is 20.4. The first-order chi connectivity index (χ1) is 11.2. The van der Waals surface area contributed by atoms with E-state index in [2.05, 4.69) is 5.32 Å². The Bertz CT molecular complexity index is 659. The van der Waals surface area contributed by atoms with Gasteiger partial charge in [0, 0.05) is 13.1 Å². The molecular weight excluding hydrogens is 328 g/mol. The third kappa shape index (κ3) is 5.49. The van der Waals surface area contributed by atoms with Crippen LogP contribution >= 0.6 is 0 Å². The van der Waals surface area contributed by atoms with Gasteiger partial charge in [-0.2, -0.15) is 4.31 Å². The van der Waals surface area contributed by atoms with Crippen LogP contribution in [0.4, 0.5) is 0 Å². The summed E-state index contributed by atoms with van der Waals surface area (Å²) >= 11 is 0. The van der Waals surface area contributed by atoms with E-state index in [-0.39, 0.29) is 23.4 Å². The van der Waals surface area contributed by atoms with E-state index in [1.807, 2.05) is 20.8 Å². The molecule has 0 heterocycles. The quantitative estimate of drug-likeness (QED) is 0.737. The van der Waals surface area contributed by atoms with Crippen LogP contribution in [-0.4, -0.2) is 44.9 Å². The lowest BCUT2D eigenvalue weighted by molar-refractivity contribution is -0.121. The minimum Gasteiger partial charge on any atom is -0.494 e. The molecule has 1 aromatic carbocycles. The number of aryl methyl sites for hydroxylation is 1. The van der Waals surface area contributed by atoms with Gasteiger partial charge in [0.2, 0.25) is 15.9 Å². The maximum absolute atomic E-state index is 12.6. The van der Waals surface area contributed by atoms with Crippen molar-refractivity contribution in [3.05, 3.63) is 23.8 Å². The summed E-state index contributed by atoms with van der Waals surface area (Å²) in [5.74, 6) is 0.356. The predicted molar refractivity (Wildman–Crippen MR) is 94.7 cm³/mol. The zero-order chi connectivity index (χ0) is 18.3. The molecule has 1 N–H and O–H groups in total. The van der Waals surface area contributed by atoms with Gasteiger partial charge in [-0.15, -0.1) is 0 Å². The summed E-state index contributed by atoms with van der Waals surface area (Å²) in [6.07, 6.45) is 1.82. The van der Waals surface area contributed by atoms with Gasteiger partial charge >= 0.3 is 0 Å². The number of benzene rings is 1. The lowest BCUT2D eigenvalue weighted by Gasteiger charge is -2.19. The van der Waals surface area contributed by atoms with Gasteiger partial charge in [0.1, 0.15) is 5.75 Å². The van der Waals surface area contributed by atoms with Crippen LogP contribution in [0.5, 0.6) is 5.75 Å². The Balaban J connectivity index is 2.83. The van der Waals surface area contributed by atoms with Crippen molar-refractivity contribution in [2.75, 3.05) is 20.2 Å². The Hall–Kier alpha value is -1.60. The largest absolute Gasteiger partial charge is 0.494 e. The third-order valence-electron chi connectivity index (χ3n) is 3.65. The molecule has 0 aliphatic heterocycles. The Labute approximate surface area is 145 Å². The molecule has 7 heteroatoms. The van der Waals surface area contributed by atoms with Gasteiger partial charge in [0.15, 0.2) is 0 Å². The van der Waals surface area contributed by atoms with Gasteiger partial charge in [-0.05, 0) is 51.0 Å². The molecule has 0 spiro atoms. The first-order valence-electron chi connectivity index (χ1n) is 8.21. The molecule has 24 heavy (non-hydrogen) atoms. The van der Waals surface area contributed by atoms with Gasteiger partial charge in [-0.25, -0.2) is 8.42 Å². The van der Waals surface area contributed by atoms with Crippen LogP contribution in [0.25, 0.3) is 0 Å². The maximum atomic E-state index is 12.6. The summed E-state index contributed by atoms with van der Waals surface area (Å²) in [4.78, 5) is 12.1. The highest BCUT2D eigenvalue weighted by Crippen LogP contribution is 2.23. The van der Waals surface area contributed by atoms with Crippen LogP contribution in [0.3, 0.4) is 0 Å². The second-order valence-electron chi connectivity index (χ2n) is 5.88. The number of ether oxygens (including phenoxy) is 1. The van der Waals surface area contributed by atoms with Crippen LogP contribution in [-0.2, 0) is 14.8 Å². The van der Waals surface area contributed by atoms with Crippen LogP contribution in [0, 0.1) is 6.92 Å². The highest BCUT2D eigenvalue weighted by molar-refractivity contribution is 7.89. The van der Waals surface area contributed by atoms with Crippen molar-refractivity contribution in [3.63, 3.8) is 0 Å². The number of hydrogen-bond donors (Lipinski definition) is 1. The zero-order valence-electron chi connectivity index (χ0n) is 15.1. The van der Waals surface area contributed by atoms with Crippen molar-refractivity contribution in [1.29, 1.82) is 0 Å². The van der Waals surface area contributed by atoms with E-state index >= 15 is 0 Å². The molecule has 1 rings (SSSR count). The monoisotopic (exact) mass is 356 g/mol. The molecule has 0 saturated heterocycles. The van der Waals surface area contributed by atoms with Crippen molar-refractivity contribution in [2.24, 2.45) is 0 Å². The van der Waals surface area contributed by atoms with Gasteiger partial charge < -0.3 is 10.1 Å². The predicted octanol–water partition coefficient (Wildman–Crippen LogP) is 2.32. The number of carbonyl (C=O) groups is 1. The molecule has 0 saturated carbocycles. The molecule has 1 amide bonds. The summed E-state index contributed by atoms with van der Waals surface area (Å²) in [7, 11) is -2.31. The van der Waals surface area contributed by atoms with E-state index in [1.54, 1.807) is 19.1 Å². The average Bonchev–Trinajstić information content (AvgIpc) is 2.49. The van der Waals surface area contributed by atoms with E-state index in [0.717, 1.165) is 22.7 Å². The highest BCUT2D eigenvalue weighted by Gasteiger charge is 2.24. The topological polar surface area (TPSA) is 75.7 Å². The van der Waals surface area contributed by atoms with Crippen molar-refractivity contribution in [3.8, 4) is 5.75 Å². The molecule has 1 aromatic rings. The second kappa shape index (κ2) is 9.03. The Morgan fingerprint density at radius 3 is 2.54 bits per heavy atom. The number of amides is 1. The van der Waals surface area contributed by atoms with Gasteiger partial charge in [0.25, 0.3) is 0 Å². The van der Waals surface area contributed by atoms with Crippen molar-refractivity contribution in [1.82, 2.24) is 9.62 Å².